The van der Waals surface area contributed by atoms with E-state index in [1.807, 2.05) is 0 Å². The Balaban J connectivity index is 1.78. The molecule has 2 aromatic heterocycles. The lowest BCUT2D eigenvalue weighted by Gasteiger charge is -2.15. The predicted octanol–water partition coefficient (Wildman–Crippen LogP) is 0.656. The highest BCUT2D eigenvalue weighted by atomic mass is 32.1. The largest absolute Gasteiger partial charge is 0.342 e. The second-order valence-electron chi connectivity index (χ2n) is 5.67. The van der Waals surface area contributed by atoms with Crippen molar-refractivity contribution in [2.45, 2.75) is 19.8 Å². The quantitative estimate of drug-likeness (QED) is 0.893. The van der Waals surface area contributed by atoms with Crippen LogP contribution >= 0.6 is 11.3 Å². The molecule has 0 atom stereocenters. The van der Waals surface area contributed by atoms with Crippen LogP contribution in [0.1, 0.15) is 28.1 Å². The van der Waals surface area contributed by atoms with Crippen molar-refractivity contribution in [3.05, 3.63) is 27.1 Å². The normalized spacial score (nSPS) is 14.4. The first-order valence-electron chi connectivity index (χ1n) is 7.49. The van der Waals surface area contributed by atoms with Crippen molar-refractivity contribution < 1.29 is 9.59 Å². The van der Waals surface area contributed by atoms with Crippen LogP contribution in [0.25, 0.3) is 10.2 Å². The van der Waals surface area contributed by atoms with Gasteiger partial charge >= 0.3 is 0 Å². The van der Waals surface area contributed by atoms with Gasteiger partial charge in [-0.1, -0.05) is 0 Å². The number of amides is 2. The molecule has 8 heteroatoms. The zero-order valence-corrected chi connectivity index (χ0v) is 13.9. The highest BCUT2D eigenvalue weighted by molar-refractivity contribution is 7.20. The van der Waals surface area contributed by atoms with Gasteiger partial charge in [0.25, 0.3) is 11.5 Å². The van der Waals surface area contributed by atoms with E-state index >= 15 is 0 Å². The lowest BCUT2D eigenvalue weighted by Crippen LogP contribution is -2.38. The Labute approximate surface area is 136 Å². The van der Waals surface area contributed by atoms with E-state index in [1.54, 1.807) is 18.9 Å². The summed E-state index contributed by atoms with van der Waals surface area (Å²) in [6.07, 6.45) is 3.48. The van der Waals surface area contributed by atoms with Gasteiger partial charge in [0.1, 0.15) is 4.83 Å². The molecule has 1 saturated heterocycles. The molecule has 23 heavy (non-hydrogen) atoms. The maximum atomic E-state index is 12.3. The standard InChI is InChI=1S/C15H18N4O3S/c1-9-11-14(17-8-18(2)15(11)22)23-12(9)13(21)16-7-10(20)19-5-3-4-6-19/h8H,3-7H2,1-2H3,(H,16,21). The molecule has 1 N–H and O–H groups in total. The van der Waals surface area contributed by atoms with Gasteiger partial charge in [0.05, 0.1) is 23.1 Å². The number of aryl methyl sites for hydroxylation is 2. The van der Waals surface area contributed by atoms with Crippen molar-refractivity contribution in [2.75, 3.05) is 19.6 Å². The van der Waals surface area contributed by atoms with Crippen LogP contribution in [0, 0.1) is 6.92 Å². The third kappa shape index (κ3) is 2.86. The van der Waals surface area contributed by atoms with Gasteiger partial charge in [0.2, 0.25) is 5.91 Å². The van der Waals surface area contributed by atoms with Gasteiger partial charge in [-0.2, -0.15) is 0 Å². The Kier molecular flexibility index (Phi) is 4.16. The van der Waals surface area contributed by atoms with Crippen LogP contribution in [0.5, 0.6) is 0 Å². The van der Waals surface area contributed by atoms with Gasteiger partial charge in [-0.15, -0.1) is 11.3 Å². The molecule has 0 aliphatic carbocycles. The third-order valence-electron chi connectivity index (χ3n) is 4.08. The smallest absolute Gasteiger partial charge is 0.262 e. The lowest BCUT2D eigenvalue weighted by molar-refractivity contribution is -0.129. The van der Waals surface area contributed by atoms with E-state index in [9.17, 15) is 14.4 Å². The second kappa shape index (κ2) is 6.11. The van der Waals surface area contributed by atoms with Crippen molar-refractivity contribution >= 4 is 33.4 Å². The number of aromatic nitrogens is 2. The number of rotatable bonds is 3. The average molecular weight is 334 g/mol. The number of carbonyl (C=O) groups is 2. The Morgan fingerprint density at radius 3 is 2.74 bits per heavy atom. The van der Waals surface area contributed by atoms with Crippen LogP contribution in [0.2, 0.25) is 0 Å². The van der Waals surface area contributed by atoms with E-state index in [4.69, 9.17) is 0 Å². The molecule has 3 rings (SSSR count). The average Bonchev–Trinajstić information content (AvgIpc) is 3.17. The van der Waals surface area contributed by atoms with Gasteiger partial charge < -0.3 is 14.8 Å². The summed E-state index contributed by atoms with van der Waals surface area (Å²) in [5.41, 5.74) is 0.445. The molecule has 3 heterocycles. The number of hydrogen-bond acceptors (Lipinski definition) is 5. The minimum absolute atomic E-state index is 0.0159. The Hall–Kier alpha value is -2.22. The number of thiophene rings is 1. The molecular formula is C15H18N4O3S. The van der Waals surface area contributed by atoms with Gasteiger partial charge in [-0.05, 0) is 25.3 Å². The van der Waals surface area contributed by atoms with Crippen molar-refractivity contribution in [1.29, 1.82) is 0 Å². The third-order valence-corrected chi connectivity index (χ3v) is 5.27. The van der Waals surface area contributed by atoms with Crippen molar-refractivity contribution in [3.63, 3.8) is 0 Å². The van der Waals surface area contributed by atoms with Crippen molar-refractivity contribution in [3.8, 4) is 0 Å². The van der Waals surface area contributed by atoms with Crippen LogP contribution in [-0.2, 0) is 11.8 Å². The van der Waals surface area contributed by atoms with Gasteiger partial charge in [0, 0.05) is 20.1 Å². The highest BCUT2D eigenvalue weighted by Gasteiger charge is 2.21. The first-order valence-corrected chi connectivity index (χ1v) is 8.31. The summed E-state index contributed by atoms with van der Waals surface area (Å²) in [6.45, 7) is 3.24. The molecule has 0 saturated carbocycles. The van der Waals surface area contributed by atoms with Crippen molar-refractivity contribution in [2.24, 2.45) is 7.05 Å². The molecule has 122 valence electrons. The molecule has 2 aromatic rings. The molecular weight excluding hydrogens is 316 g/mol. The fourth-order valence-corrected chi connectivity index (χ4v) is 3.80. The molecule has 0 radical (unpaired) electrons. The molecule has 1 aliphatic rings. The lowest BCUT2D eigenvalue weighted by atomic mass is 10.2. The Morgan fingerprint density at radius 2 is 2.04 bits per heavy atom. The van der Waals surface area contributed by atoms with Gasteiger partial charge in [-0.3, -0.25) is 14.4 Å². The molecule has 0 spiro atoms. The summed E-state index contributed by atoms with van der Waals surface area (Å²) in [5, 5.41) is 3.12. The van der Waals surface area contributed by atoms with E-state index < -0.39 is 0 Å². The summed E-state index contributed by atoms with van der Waals surface area (Å²) in [5.74, 6) is -0.399. The second-order valence-corrected chi connectivity index (χ2v) is 6.67. The van der Waals surface area contributed by atoms with Crippen LogP contribution in [0.4, 0.5) is 0 Å². The van der Waals surface area contributed by atoms with Crippen LogP contribution in [0.15, 0.2) is 11.1 Å². The number of carbonyl (C=O) groups excluding carboxylic acids is 2. The topological polar surface area (TPSA) is 84.3 Å². The molecule has 0 bridgehead atoms. The van der Waals surface area contributed by atoms with Crippen molar-refractivity contribution in [1.82, 2.24) is 19.8 Å². The zero-order chi connectivity index (χ0) is 16.6. The van der Waals surface area contributed by atoms with E-state index in [-0.39, 0.29) is 23.9 Å². The summed E-state index contributed by atoms with van der Waals surface area (Å²) in [6, 6.07) is 0. The summed E-state index contributed by atoms with van der Waals surface area (Å²) >= 11 is 1.18. The molecule has 7 nitrogen and oxygen atoms in total. The Morgan fingerprint density at radius 1 is 1.35 bits per heavy atom. The van der Waals surface area contributed by atoms with Gasteiger partial charge in [-0.25, -0.2) is 4.98 Å². The fraction of sp³-hybridized carbons (Fsp3) is 0.467. The number of nitrogens with zero attached hydrogens (tertiary/aromatic N) is 3. The first-order chi connectivity index (χ1) is 11.0. The molecule has 0 aromatic carbocycles. The number of fused-ring (bicyclic) bond motifs is 1. The summed E-state index contributed by atoms with van der Waals surface area (Å²) in [4.78, 5) is 43.4. The summed E-state index contributed by atoms with van der Waals surface area (Å²) < 4.78 is 1.39. The molecule has 1 fully saturated rings. The molecule has 2 amide bonds. The maximum absolute atomic E-state index is 12.3. The zero-order valence-electron chi connectivity index (χ0n) is 13.1. The SMILES string of the molecule is Cc1c(C(=O)NCC(=O)N2CCCC2)sc2ncn(C)c(=O)c12. The minimum Gasteiger partial charge on any atom is -0.342 e. The first kappa shape index (κ1) is 15.7. The van der Waals surface area contributed by atoms with Crippen LogP contribution in [0.3, 0.4) is 0 Å². The van der Waals surface area contributed by atoms with Gasteiger partial charge in [0.15, 0.2) is 0 Å². The monoisotopic (exact) mass is 334 g/mol. The number of likely N-dealkylation sites (tertiary alicyclic amines) is 1. The van der Waals surface area contributed by atoms with Crippen LogP contribution < -0.4 is 10.9 Å². The van der Waals surface area contributed by atoms with E-state index in [0.29, 0.717) is 20.7 Å². The Bertz CT molecular complexity index is 833. The fourth-order valence-electron chi connectivity index (χ4n) is 2.74. The maximum Gasteiger partial charge on any atom is 0.262 e. The molecule has 0 unspecified atom stereocenters. The predicted molar refractivity (Wildman–Crippen MR) is 87.7 cm³/mol. The summed E-state index contributed by atoms with van der Waals surface area (Å²) in [7, 11) is 1.63. The number of nitrogens with one attached hydrogen (secondary N) is 1. The minimum atomic E-state index is -0.333. The highest BCUT2D eigenvalue weighted by Crippen LogP contribution is 2.26. The van der Waals surface area contributed by atoms with E-state index in [0.717, 1.165) is 25.9 Å². The van der Waals surface area contributed by atoms with E-state index in [1.165, 1.54) is 22.2 Å². The van der Waals surface area contributed by atoms with E-state index in [2.05, 4.69) is 10.3 Å². The molecule has 1 aliphatic heterocycles. The van der Waals surface area contributed by atoms with Crippen LogP contribution in [-0.4, -0.2) is 45.9 Å². The number of hydrogen-bond donors (Lipinski definition) is 1.